The molecule has 1 aromatic rings. The SMILES string of the molecule is CCOC(=O)N1CCCC1OC(=O)c1ccccc1. The Morgan fingerprint density at radius 2 is 2.05 bits per heavy atom. The Balaban J connectivity index is 1.98. The number of hydrogen-bond acceptors (Lipinski definition) is 4. The molecule has 19 heavy (non-hydrogen) atoms. The molecule has 0 bridgehead atoms. The summed E-state index contributed by atoms with van der Waals surface area (Å²) in [6.45, 7) is 2.62. The Morgan fingerprint density at radius 3 is 2.74 bits per heavy atom. The van der Waals surface area contributed by atoms with Gasteiger partial charge < -0.3 is 9.47 Å². The van der Waals surface area contributed by atoms with Crippen molar-refractivity contribution in [3.8, 4) is 0 Å². The molecule has 5 heteroatoms. The molecule has 0 saturated carbocycles. The first kappa shape index (κ1) is 13.4. The van der Waals surface area contributed by atoms with Crippen LogP contribution in [-0.2, 0) is 9.47 Å². The van der Waals surface area contributed by atoms with Gasteiger partial charge in [0.2, 0.25) is 0 Å². The van der Waals surface area contributed by atoms with E-state index in [2.05, 4.69) is 0 Å². The lowest BCUT2D eigenvalue weighted by molar-refractivity contribution is -0.0131. The van der Waals surface area contributed by atoms with E-state index in [4.69, 9.17) is 9.47 Å². The molecular weight excluding hydrogens is 246 g/mol. The van der Waals surface area contributed by atoms with E-state index in [0.717, 1.165) is 6.42 Å². The third kappa shape index (κ3) is 3.24. The van der Waals surface area contributed by atoms with Crippen molar-refractivity contribution in [2.75, 3.05) is 13.2 Å². The highest BCUT2D eigenvalue weighted by Crippen LogP contribution is 2.20. The summed E-state index contributed by atoms with van der Waals surface area (Å²) in [5.41, 5.74) is 0.484. The lowest BCUT2D eigenvalue weighted by Gasteiger charge is -2.23. The van der Waals surface area contributed by atoms with Crippen LogP contribution in [0.4, 0.5) is 4.79 Å². The number of carbonyl (C=O) groups is 2. The van der Waals surface area contributed by atoms with Gasteiger partial charge in [0.15, 0.2) is 6.23 Å². The fourth-order valence-corrected chi connectivity index (χ4v) is 2.04. The van der Waals surface area contributed by atoms with E-state index in [0.29, 0.717) is 25.1 Å². The maximum Gasteiger partial charge on any atom is 0.412 e. The fourth-order valence-electron chi connectivity index (χ4n) is 2.04. The molecule has 1 aliphatic heterocycles. The van der Waals surface area contributed by atoms with Crippen LogP contribution in [-0.4, -0.2) is 36.3 Å². The minimum absolute atomic E-state index is 0.314. The monoisotopic (exact) mass is 263 g/mol. The molecule has 0 spiro atoms. The van der Waals surface area contributed by atoms with E-state index in [1.54, 1.807) is 31.2 Å². The van der Waals surface area contributed by atoms with Gasteiger partial charge in [0.05, 0.1) is 12.2 Å². The highest BCUT2D eigenvalue weighted by molar-refractivity contribution is 5.89. The summed E-state index contributed by atoms with van der Waals surface area (Å²) in [6.07, 6.45) is 0.515. The molecule has 1 unspecified atom stereocenters. The highest BCUT2D eigenvalue weighted by Gasteiger charge is 2.32. The van der Waals surface area contributed by atoms with Gasteiger partial charge in [-0.2, -0.15) is 0 Å². The molecule has 1 heterocycles. The number of likely N-dealkylation sites (tertiary alicyclic amines) is 1. The van der Waals surface area contributed by atoms with Gasteiger partial charge in [0.1, 0.15) is 0 Å². The Morgan fingerprint density at radius 1 is 1.32 bits per heavy atom. The standard InChI is InChI=1S/C14H17NO4/c1-2-18-14(17)15-10-6-9-12(15)19-13(16)11-7-4-3-5-8-11/h3-5,7-8,12H,2,6,9-10H2,1H3. The van der Waals surface area contributed by atoms with Crippen molar-refractivity contribution in [3.05, 3.63) is 35.9 Å². The van der Waals surface area contributed by atoms with Crippen molar-refractivity contribution in [2.24, 2.45) is 0 Å². The van der Waals surface area contributed by atoms with Crippen molar-refractivity contribution in [2.45, 2.75) is 26.0 Å². The second-order valence-electron chi connectivity index (χ2n) is 4.26. The van der Waals surface area contributed by atoms with Crippen molar-refractivity contribution in [1.82, 2.24) is 4.90 Å². The molecule has 0 N–H and O–H groups in total. The summed E-state index contributed by atoms with van der Waals surface area (Å²) in [5.74, 6) is -0.415. The first-order valence-corrected chi connectivity index (χ1v) is 6.41. The zero-order valence-corrected chi connectivity index (χ0v) is 10.9. The summed E-state index contributed by atoms with van der Waals surface area (Å²) in [5, 5.41) is 0. The predicted molar refractivity (Wildman–Crippen MR) is 68.6 cm³/mol. The van der Waals surface area contributed by atoms with E-state index in [-0.39, 0.29) is 0 Å². The number of ether oxygens (including phenoxy) is 2. The molecule has 5 nitrogen and oxygen atoms in total. The largest absolute Gasteiger partial charge is 0.450 e. The molecule has 1 aliphatic rings. The van der Waals surface area contributed by atoms with Gasteiger partial charge >= 0.3 is 12.1 Å². The minimum Gasteiger partial charge on any atom is -0.450 e. The third-order valence-electron chi connectivity index (χ3n) is 2.95. The van der Waals surface area contributed by atoms with Gasteiger partial charge in [-0.1, -0.05) is 18.2 Å². The van der Waals surface area contributed by atoms with Crippen molar-refractivity contribution in [1.29, 1.82) is 0 Å². The zero-order chi connectivity index (χ0) is 13.7. The first-order valence-electron chi connectivity index (χ1n) is 6.41. The Kier molecular flexibility index (Phi) is 4.39. The van der Waals surface area contributed by atoms with Crippen LogP contribution < -0.4 is 0 Å². The number of amides is 1. The van der Waals surface area contributed by atoms with Crippen molar-refractivity contribution in [3.63, 3.8) is 0 Å². The van der Waals surface area contributed by atoms with E-state index in [9.17, 15) is 9.59 Å². The van der Waals surface area contributed by atoms with Crippen LogP contribution in [0.5, 0.6) is 0 Å². The summed E-state index contributed by atoms with van der Waals surface area (Å²) in [6, 6.07) is 8.75. The summed E-state index contributed by atoms with van der Waals surface area (Å²) >= 11 is 0. The predicted octanol–water partition coefficient (Wildman–Crippen LogP) is 2.42. The van der Waals surface area contributed by atoms with Gasteiger partial charge in [-0.05, 0) is 25.5 Å². The summed E-state index contributed by atoms with van der Waals surface area (Å²) < 4.78 is 10.3. The van der Waals surface area contributed by atoms with Crippen LogP contribution >= 0.6 is 0 Å². The average Bonchev–Trinajstić information content (AvgIpc) is 2.88. The second kappa shape index (κ2) is 6.22. The third-order valence-corrected chi connectivity index (χ3v) is 2.95. The van der Waals surface area contributed by atoms with E-state index in [1.165, 1.54) is 4.90 Å². The molecule has 1 atom stereocenters. The first-order chi connectivity index (χ1) is 9.22. The highest BCUT2D eigenvalue weighted by atomic mass is 16.6. The number of hydrogen-bond donors (Lipinski definition) is 0. The number of esters is 1. The topological polar surface area (TPSA) is 55.8 Å². The second-order valence-corrected chi connectivity index (χ2v) is 4.26. The maximum absolute atomic E-state index is 11.9. The molecule has 0 radical (unpaired) electrons. The summed E-state index contributed by atoms with van der Waals surface area (Å²) in [4.78, 5) is 25.1. The molecule has 0 aliphatic carbocycles. The van der Waals surface area contributed by atoms with Gasteiger partial charge in [-0.3, -0.25) is 4.90 Å². The smallest absolute Gasteiger partial charge is 0.412 e. The van der Waals surface area contributed by atoms with E-state index >= 15 is 0 Å². The van der Waals surface area contributed by atoms with E-state index < -0.39 is 18.3 Å². The number of nitrogens with zero attached hydrogens (tertiary/aromatic N) is 1. The van der Waals surface area contributed by atoms with E-state index in [1.807, 2.05) is 6.07 Å². The Bertz CT molecular complexity index is 446. The van der Waals surface area contributed by atoms with Crippen LogP contribution in [0.2, 0.25) is 0 Å². The van der Waals surface area contributed by atoms with Gasteiger partial charge in [0.25, 0.3) is 0 Å². The Hall–Kier alpha value is -2.04. The molecule has 1 amide bonds. The number of benzene rings is 1. The van der Waals surface area contributed by atoms with Crippen LogP contribution in [0.3, 0.4) is 0 Å². The Labute approximate surface area is 112 Å². The van der Waals surface area contributed by atoms with Crippen LogP contribution in [0.25, 0.3) is 0 Å². The molecular formula is C14H17NO4. The molecule has 0 aromatic heterocycles. The molecule has 1 saturated heterocycles. The van der Waals surface area contributed by atoms with Crippen LogP contribution in [0, 0.1) is 0 Å². The van der Waals surface area contributed by atoms with Crippen LogP contribution in [0.1, 0.15) is 30.1 Å². The quantitative estimate of drug-likeness (QED) is 0.786. The van der Waals surface area contributed by atoms with Crippen molar-refractivity contribution < 1.29 is 19.1 Å². The normalized spacial score (nSPS) is 18.2. The maximum atomic E-state index is 11.9. The van der Waals surface area contributed by atoms with Gasteiger partial charge in [0, 0.05) is 13.0 Å². The molecule has 102 valence electrons. The van der Waals surface area contributed by atoms with Gasteiger partial charge in [-0.25, -0.2) is 9.59 Å². The lowest BCUT2D eigenvalue weighted by Crippen LogP contribution is -2.38. The fraction of sp³-hybridized carbons (Fsp3) is 0.429. The number of carbonyl (C=O) groups excluding carboxylic acids is 2. The molecule has 1 aromatic carbocycles. The molecule has 2 rings (SSSR count). The van der Waals surface area contributed by atoms with Crippen LogP contribution in [0.15, 0.2) is 30.3 Å². The van der Waals surface area contributed by atoms with Gasteiger partial charge in [-0.15, -0.1) is 0 Å². The summed E-state index contributed by atoms with van der Waals surface area (Å²) in [7, 11) is 0. The minimum atomic E-state index is -0.522. The zero-order valence-electron chi connectivity index (χ0n) is 10.9. The molecule has 1 fully saturated rings. The number of rotatable bonds is 3. The average molecular weight is 263 g/mol. The lowest BCUT2D eigenvalue weighted by atomic mass is 10.2. The van der Waals surface area contributed by atoms with Crippen molar-refractivity contribution >= 4 is 12.1 Å².